The number of rotatable bonds is 10. The standard InChI is InChI=1S/C17H33NO3/c1-4-18-17(3,16(19)20-5-2)13-9-10-14-21-15-11-7-6-8-12-15/h15,18H,4-14H2,1-3H3. The third kappa shape index (κ3) is 6.79. The summed E-state index contributed by atoms with van der Waals surface area (Å²) < 4.78 is 11.1. The van der Waals surface area contributed by atoms with Crippen LogP contribution in [-0.4, -0.2) is 37.4 Å². The third-order valence-corrected chi connectivity index (χ3v) is 4.27. The number of carbonyl (C=O) groups is 1. The van der Waals surface area contributed by atoms with Gasteiger partial charge in [0, 0.05) is 6.61 Å². The summed E-state index contributed by atoms with van der Waals surface area (Å²) in [5, 5.41) is 3.27. The predicted octanol–water partition coefficient (Wildman–Crippen LogP) is 3.44. The van der Waals surface area contributed by atoms with Gasteiger partial charge in [-0.1, -0.05) is 26.2 Å². The topological polar surface area (TPSA) is 47.6 Å². The summed E-state index contributed by atoms with van der Waals surface area (Å²) in [6.45, 7) is 7.83. The quantitative estimate of drug-likeness (QED) is 0.496. The first kappa shape index (κ1) is 18.4. The molecule has 0 heterocycles. The Balaban J connectivity index is 2.21. The molecule has 1 N–H and O–H groups in total. The molecular weight excluding hydrogens is 266 g/mol. The minimum atomic E-state index is -0.560. The molecular formula is C17H33NO3. The molecule has 1 saturated carbocycles. The van der Waals surface area contributed by atoms with E-state index >= 15 is 0 Å². The second-order valence-corrected chi connectivity index (χ2v) is 6.17. The van der Waals surface area contributed by atoms with Gasteiger partial charge in [0.05, 0.1) is 12.7 Å². The van der Waals surface area contributed by atoms with Gasteiger partial charge in [0.15, 0.2) is 0 Å². The average Bonchev–Trinajstić information content (AvgIpc) is 2.48. The molecule has 4 heteroatoms. The summed E-state index contributed by atoms with van der Waals surface area (Å²) in [7, 11) is 0. The van der Waals surface area contributed by atoms with Gasteiger partial charge in [-0.3, -0.25) is 4.79 Å². The fourth-order valence-corrected chi connectivity index (χ4v) is 3.01. The molecule has 1 unspecified atom stereocenters. The zero-order valence-corrected chi connectivity index (χ0v) is 14.1. The zero-order chi connectivity index (χ0) is 15.6. The minimum Gasteiger partial charge on any atom is -0.465 e. The van der Waals surface area contributed by atoms with Crippen molar-refractivity contribution in [1.82, 2.24) is 5.32 Å². The van der Waals surface area contributed by atoms with Gasteiger partial charge in [-0.25, -0.2) is 0 Å². The fourth-order valence-electron chi connectivity index (χ4n) is 3.01. The number of esters is 1. The highest BCUT2D eigenvalue weighted by Gasteiger charge is 2.32. The molecule has 1 aliphatic rings. The Kier molecular flexibility index (Phi) is 8.93. The van der Waals surface area contributed by atoms with Crippen LogP contribution in [0.25, 0.3) is 0 Å². The van der Waals surface area contributed by atoms with E-state index in [1.807, 2.05) is 20.8 Å². The van der Waals surface area contributed by atoms with Crippen LogP contribution in [-0.2, 0) is 14.3 Å². The first-order chi connectivity index (χ1) is 10.1. The van der Waals surface area contributed by atoms with E-state index < -0.39 is 5.54 Å². The van der Waals surface area contributed by atoms with Crippen LogP contribution in [0.15, 0.2) is 0 Å². The highest BCUT2D eigenvalue weighted by molar-refractivity contribution is 5.80. The van der Waals surface area contributed by atoms with Gasteiger partial charge in [0.25, 0.3) is 0 Å². The lowest BCUT2D eigenvalue weighted by Gasteiger charge is -2.28. The highest BCUT2D eigenvalue weighted by Crippen LogP contribution is 2.21. The number of likely N-dealkylation sites (N-methyl/N-ethyl adjacent to an activating group) is 1. The smallest absolute Gasteiger partial charge is 0.326 e. The maximum atomic E-state index is 12.1. The number of hydrogen-bond donors (Lipinski definition) is 1. The van der Waals surface area contributed by atoms with Gasteiger partial charge in [-0.05, 0) is 52.5 Å². The summed E-state index contributed by atoms with van der Waals surface area (Å²) >= 11 is 0. The second kappa shape index (κ2) is 10.2. The molecule has 0 bridgehead atoms. The van der Waals surface area contributed by atoms with Crippen molar-refractivity contribution in [2.45, 2.75) is 83.8 Å². The summed E-state index contributed by atoms with van der Waals surface area (Å²) in [5.74, 6) is -0.139. The van der Waals surface area contributed by atoms with Crippen molar-refractivity contribution in [2.75, 3.05) is 19.8 Å². The molecule has 4 nitrogen and oxygen atoms in total. The van der Waals surface area contributed by atoms with Crippen LogP contribution in [0.1, 0.15) is 72.1 Å². The van der Waals surface area contributed by atoms with Crippen molar-refractivity contribution < 1.29 is 14.3 Å². The molecule has 1 atom stereocenters. The molecule has 0 amide bonds. The van der Waals surface area contributed by atoms with Crippen LogP contribution >= 0.6 is 0 Å². The van der Waals surface area contributed by atoms with Crippen LogP contribution in [0.4, 0.5) is 0 Å². The molecule has 1 fully saturated rings. The molecule has 1 aliphatic carbocycles. The summed E-state index contributed by atoms with van der Waals surface area (Å²) in [5.41, 5.74) is -0.560. The number of carbonyl (C=O) groups excluding carboxylic acids is 1. The lowest BCUT2D eigenvalue weighted by Crippen LogP contribution is -2.50. The number of ether oxygens (including phenoxy) is 2. The first-order valence-electron chi connectivity index (χ1n) is 8.66. The van der Waals surface area contributed by atoms with Crippen LogP contribution in [0, 0.1) is 0 Å². The van der Waals surface area contributed by atoms with Gasteiger partial charge < -0.3 is 14.8 Å². The number of hydrogen-bond acceptors (Lipinski definition) is 4. The maximum Gasteiger partial charge on any atom is 0.326 e. The zero-order valence-electron chi connectivity index (χ0n) is 14.1. The Morgan fingerprint density at radius 1 is 1.19 bits per heavy atom. The fraction of sp³-hybridized carbons (Fsp3) is 0.941. The van der Waals surface area contributed by atoms with Crippen LogP contribution in [0.2, 0.25) is 0 Å². The largest absolute Gasteiger partial charge is 0.465 e. The van der Waals surface area contributed by atoms with Crippen molar-refractivity contribution in [2.24, 2.45) is 0 Å². The van der Waals surface area contributed by atoms with Gasteiger partial charge in [-0.2, -0.15) is 0 Å². The molecule has 1 rings (SSSR count). The van der Waals surface area contributed by atoms with Crippen LogP contribution in [0.5, 0.6) is 0 Å². The molecule has 21 heavy (non-hydrogen) atoms. The van der Waals surface area contributed by atoms with Crippen LogP contribution < -0.4 is 5.32 Å². The van der Waals surface area contributed by atoms with E-state index in [4.69, 9.17) is 9.47 Å². The summed E-state index contributed by atoms with van der Waals surface area (Å²) in [6.07, 6.45) is 9.69. The SMILES string of the molecule is CCNC(C)(CCCCOC1CCCCC1)C(=O)OCC. The van der Waals surface area contributed by atoms with Crippen molar-refractivity contribution in [1.29, 1.82) is 0 Å². The van der Waals surface area contributed by atoms with Gasteiger partial charge >= 0.3 is 5.97 Å². The Labute approximate surface area is 130 Å². The number of unbranched alkanes of at least 4 members (excludes halogenated alkanes) is 1. The predicted molar refractivity (Wildman–Crippen MR) is 85.4 cm³/mol. The van der Waals surface area contributed by atoms with Crippen molar-refractivity contribution in [3.05, 3.63) is 0 Å². The highest BCUT2D eigenvalue weighted by atomic mass is 16.5. The van der Waals surface area contributed by atoms with Gasteiger partial charge in [-0.15, -0.1) is 0 Å². The molecule has 124 valence electrons. The molecule has 0 aromatic carbocycles. The van der Waals surface area contributed by atoms with Crippen molar-refractivity contribution in [3.8, 4) is 0 Å². The summed E-state index contributed by atoms with van der Waals surface area (Å²) in [4.78, 5) is 12.1. The van der Waals surface area contributed by atoms with Gasteiger partial charge in [0.1, 0.15) is 5.54 Å². The monoisotopic (exact) mass is 299 g/mol. The normalized spacial score (nSPS) is 19.2. The summed E-state index contributed by atoms with van der Waals surface area (Å²) in [6, 6.07) is 0. The molecule has 0 spiro atoms. The van der Waals surface area contributed by atoms with E-state index in [1.165, 1.54) is 32.1 Å². The first-order valence-corrected chi connectivity index (χ1v) is 8.66. The molecule has 0 aliphatic heterocycles. The molecule has 0 aromatic heterocycles. The van der Waals surface area contributed by atoms with E-state index in [1.54, 1.807) is 0 Å². The van der Waals surface area contributed by atoms with Gasteiger partial charge in [0.2, 0.25) is 0 Å². The van der Waals surface area contributed by atoms with E-state index in [-0.39, 0.29) is 5.97 Å². The number of nitrogens with one attached hydrogen (secondary N) is 1. The Bertz CT molecular complexity index is 290. The third-order valence-electron chi connectivity index (χ3n) is 4.27. The average molecular weight is 299 g/mol. The van der Waals surface area contributed by atoms with E-state index in [0.29, 0.717) is 12.7 Å². The van der Waals surface area contributed by atoms with E-state index in [0.717, 1.165) is 32.4 Å². The molecule has 0 saturated heterocycles. The molecule has 0 aromatic rings. The minimum absolute atomic E-state index is 0.139. The Morgan fingerprint density at radius 2 is 1.90 bits per heavy atom. The second-order valence-electron chi connectivity index (χ2n) is 6.17. The lowest BCUT2D eigenvalue weighted by molar-refractivity contribution is -0.150. The Hall–Kier alpha value is -0.610. The van der Waals surface area contributed by atoms with Crippen molar-refractivity contribution in [3.63, 3.8) is 0 Å². The lowest BCUT2D eigenvalue weighted by atomic mass is 9.94. The maximum absolute atomic E-state index is 12.1. The van der Waals surface area contributed by atoms with E-state index in [9.17, 15) is 4.79 Å². The Morgan fingerprint density at radius 3 is 2.52 bits per heavy atom. The van der Waals surface area contributed by atoms with E-state index in [2.05, 4.69) is 5.32 Å². The van der Waals surface area contributed by atoms with Crippen molar-refractivity contribution >= 4 is 5.97 Å². The molecule has 0 radical (unpaired) electrons. The van der Waals surface area contributed by atoms with Crippen LogP contribution in [0.3, 0.4) is 0 Å².